The molecule has 1 N–H and O–H groups in total. The lowest BCUT2D eigenvalue weighted by molar-refractivity contribution is -0.0501. The van der Waals surface area contributed by atoms with Gasteiger partial charge in [-0.2, -0.15) is 8.78 Å². The van der Waals surface area contributed by atoms with E-state index in [2.05, 4.69) is 15.0 Å². The van der Waals surface area contributed by atoms with Crippen LogP contribution in [0.5, 0.6) is 5.75 Å². The second-order valence-electron chi connectivity index (χ2n) is 5.86. The van der Waals surface area contributed by atoms with Gasteiger partial charge < -0.3 is 10.1 Å². The highest BCUT2D eigenvalue weighted by molar-refractivity contribution is 7.21. The number of alkyl halides is 2. The van der Waals surface area contributed by atoms with Crippen LogP contribution in [0.1, 0.15) is 10.4 Å². The second-order valence-corrected chi connectivity index (χ2v) is 6.89. The van der Waals surface area contributed by atoms with Crippen molar-refractivity contribution >= 4 is 33.1 Å². The summed E-state index contributed by atoms with van der Waals surface area (Å²) in [5.41, 5.74) is 2.20. The fraction of sp³-hybridized carbons (Fsp3) is 0.0476. The van der Waals surface area contributed by atoms with E-state index in [4.69, 9.17) is 0 Å². The largest absolute Gasteiger partial charge is 0.434 e. The third kappa shape index (κ3) is 3.70. The number of fused-ring (bicyclic) bond motifs is 1. The molecule has 0 fully saturated rings. The second kappa shape index (κ2) is 7.74. The van der Waals surface area contributed by atoms with Crippen LogP contribution < -0.4 is 10.1 Å². The fourth-order valence-corrected chi connectivity index (χ4v) is 3.81. The molecule has 3 aromatic carbocycles. The van der Waals surface area contributed by atoms with Crippen molar-refractivity contribution in [1.29, 1.82) is 0 Å². The van der Waals surface area contributed by atoms with Crippen molar-refractivity contribution in [3.8, 4) is 16.3 Å². The van der Waals surface area contributed by atoms with E-state index < -0.39 is 12.5 Å². The van der Waals surface area contributed by atoms with Gasteiger partial charge in [0, 0.05) is 5.56 Å². The van der Waals surface area contributed by atoms with E-state index in [-0.39, 0.29) is 11.3 Å². The molecule has 140 valence electrons. The number of halogens is 2. The smallest absolute Gasteiger partial charge is 0.387 e. The first-order valence-corrected chi connectivity index (χ1v) is 9.23. The Hall–Kier alpha value is -3.32. The summed E-state index contributed by atoms with van der Waals surface area (Å²) in [7, 11) is 0. The Morgan fingerprint density at radius 2 is 1.68 bits per heavy atom. The SMILES string of the molecule is O=C(Nc1ccccc1-c1nc2ccccc2s1)c1ccccc1OC(F)F. The molecule has 1 aromatic heterocycles. The number of para-hydroxylation sites is 3. The normalized spacial score (nSPS) is 11.0. The molecule has 1 amide bonds. The molecule has 0 aliphatic rings. The molecule has 28 heavy (non-hydrogen) atoms. The number of anilines is 1. The van der Waals surface area contributed by atoms with Crippen LogP contribution in [0.2, 0.25) is 0 Å². The minimum absolute atomic E-state index is 0.0295. The molecule has 7 heteroatoms. The summed E-state index contributed by atoms with van der Waals surface area (Å²) in [4.78, 5) is 17.3. The Kier molecular flexibility index (Phi) is 4.99. The molecule has 4 aromatic rings. The van der Waals surface area contributed by atoms with Crippen LogP contribution in [0.4, 0.5) is 14.5 Å². The van der Waals surface area contributed by atoms with Gasteiger partial charge in [0.2, 0.25) is 0 Å². The van der Waals surface area contributed by atoms with Gasteiger partial charge in [0.15, 0.2) is 0 Å². The number of benzene rings is 3. The number of nitrogens with one attached hydrogen (secondary N) is 1. The highest BCUT2D eigenvalue weighted by Gasteiger charge is 2.17. The highest BCUT2D eigenvalue weighted by Crippen LogP contribution is 2.34. The van der Waals surface area contributed by atoms with Gasteiger partial charge >= 0.3 is 6.61 Å². The molecule has 0 saturated heterocycles. The van der Waals surface area contributed by atoms with Crippen LogP contribution in [-0.4, -0.2) is 17.5 Å². The van der Waals surface area contributed by atoms with Crippen LogP contribution >= 0.6 is 11.3 Å². The lowest BCUT2D eigenvalue weighted by atomic mass is 10.1. The average molecular weight is 396 g/mol. The van der Waals surface area contributed by atoms with E-state index in [1.54, 1.807) is 18.2 Å². The number of hydrogen-bond donors (Lipinski definition) is 1. The third-order valence-corrected chi connectivity index (χ3v) is 5.12. The Morgan fingerprint density at radius 3 is 2.50 bits per heavy atom. The maximum atomic E-state index is 12.7. The lowest BCUT2D eigenvalue weighted by Gasteiger charge is -2.12. The van der Waals surface area contributed by atoms with Crippen molar-refractivity contribution in [2.75, 3.05) is 5.32 Å². The first-order chi connectivity index (χ1) is 13.6. The van der Waals surface area contributed by atoms with Crippen molar-refractivity contribution in [3.05, 3.63) is 78.4 Å². The first kappa shape index (κ1) is 18.1. The first-order valence-electron chi connectivity index (χ1n) is 8.42. The van der Waals surface area contributed by atoms with E-state index >= 15 is 0 Å². The minimum Gasteiger partial charge on any atom is -0.434 e. The number of rotatable bonds is 5. The predicted octanol–water partition coefficient (Wildman–Crippen LogP) is 5.82. The molecule has 4 rings (SSSR count). The average Bonchev–Trinajstić information content (AvgIpc) is 3.12. The molecule has 0 spiro atoms. The molecule has 0 unspecified atom stereocenters. The Bertz CT molecular complexity index is 1110. The Balaban J connectivity index is 1.67. The highest BCUT2D eigenvalue weighted by atomic mass is 32.1. The van der Waals surface area contributed by atoms with Crippen molar-refractivity contribution in [2.24, 2.45) is 0 Å². The van der Waals surface area contributed by atoms with Crippen LogP contribution in [-0.2, 0) is 0 Å². The predicted molar refractivity (Wildman–Crippen MR) is 106 cm³/mol. The van der Waals surface area contributed by atoms with Crippen molar-refractivity contribution in [1.82, 2.24) is 4.98 Å². The zero-order valence-electron chi connectivity index (χ0n) is 14.4. The molecule has 4 nitrogen and oxygen atoms in total. The summed E-state index contributed by atoms with van der Waals surface area (Å²) in [6.07, 6.45) is 0. The van der Waals surface area contributed by atoms with E-state index in [0.29, 0.717) is 5.69 Å². The standard InChI is InChI=1S/C21H14F2N2O2S/c22-21(23)27-17-11-5-2-8-14(17)19(26)24-15-9-3-1-7-13(15)20-25-16-10-4-6-12-18(16)28-20/h1-12,21H,(H,24,26). The summed E-state index contributed by atoms with van der Waals surface area (Å²) in [6.45, 7) is -3.01. The molecule has 0 aliphatic carbocycles. The van der Waals surface area contributed by atoms with Crippen LogP contribution in [0, 0.1) is 0 Å². The maximum absolute atomic E-state index is 12.7. The number of thiazole rings is 1. The quantitative estimate of drug-likeness (QED) is 0.463. The summed E-state index contributed by atoms with van der Waals surface area (Å²) in [6, 6.07) is 20.9. The van der Waals surface area contributed by atoms with E-state index in [9.17, 15) is 13.6 Å². The van der Waals surface area contributed by atoms with Crippen molar-refractivity contribution < 1.29 is 18.3 Å². The lowest BCUT2D eigenvalue weighted by Crippen LogP contribution is -2.15. The molecule has 0 saturated carbocycles. The zero-order valence-corrected chi connectivity index (χ0v) is 15.2. The van der Waals surface area contributed by atoms with Crippen LogP contribution in [0.15, 0.2) is 72.8 Å². The molecule has 0 atom stereocenters. The van der Waals surface area contributed by atoms with E-state index in [1.165, 1.54) is 29.5 Å². The molecular formula is C21H14F2N2O2S. The van der Waals surface area contributed by atoms with Gasteiger partial charge in [-0.25, -0.2) is 4.98 Å². The Labute approximate surface area is 163 Å². The number of carbonyl (C=O) groups excluding carboxylic acids is 1. The number of amides is 1. The summed E-state index contributed by atoms with van der Waals surface area (Å²) in [5, 5.41) is 3.54. The number of nitrogens with zero attached hydrogens (tertiary/aromatic N) is 1. The topological polar surface area (TPSA) is 51.2 Å². The van der Waals surface area contributed by atoms with Gasteiger partial charge in [0.1, 0.15) is 10.8 Å². The number of hydrogen-bond acceptors (Lipinski definition) is 4. The van der Waals surface area contributed by atoms with Gasteiger partial charge in [-0.05, 0) is 36.4 Å². The maximum Gasteiger partial charge on any atom is 0.387 e. The van der Waals surface area contributed by atoms with Gasteiger partial charge in [0.25, 0.3) is 5.91 Å². The third-order valence-electron chi connectivity index (χ3n) is 4.05. The van der Waals surface area contributed by atoms with Crippen molar-refractivity contribution in [2.45, 2.75) is 6.61 Å². The van der Waals surface area contributed by atoms with Gasteiger partial charge in [0.05, 0.1) is 21.5 Å². The number of ether oxygens (including phenoxy) is 1. The number of aromatic nitrogens is 1. The molecular weight excluding hydrogens is 382 g/mol. The fourth-order valence-electron chi connectivity index (χ4n) is 2.81. The van der Waals surface area contributed by atoms with Crippen LogP contribution in [0.3, 0.4) is 0 Å². The Morgan fingerprint density at radius 1 is 0.964 bits per heavy atom. The van der Waals surface area contributed by atoms with E-state index in [1.807, 2.05) is 36.4 Å². The zero-order chi connectivity index (χ0) is 19.5. The van der Waals surface area contributed by atoms with Gasteiger partial charge in [-0.3, -0.25) is 4.79 Å². The molecule has 0 radical (unpaired) electrons. The molecule has 0 aliphatic heterocycles. The summed E-state index contributed by atoms with van der Waals surface area (Å²) >= 11 is 1.51. The minimum atomic E-state index is -3.01. The van der Waals surface area contributed by atoms with Gasteiger partial charge in [-0.1, -0.05) is 36.4 Å². The van der Waals surface area contributed by atoms with Crippen molar-refractivity contribution in [3.63, 3.8) is 0 Å². The monoisotopic (exact) mass is 396 g/mol. The van der Waals surface area contributed by atoms with Gasteiger partial charge in [-0.15, -0.1) is 11.3 Å². The van der Waals surface area contributed by atoms with E-state index in [0.717, 1.165) is 20.8 Å². The van der Waals surface area contributed by atoms with Crippen LogP contribution in [0.25, 0.3) is 20.8 Å². The number of carbonyl (C=O) groups is 1. The summed E-state index contributed by atoms with van der Waals surface area (Å²) in [5.74, 6) is -0.711. The molecule has 1 heterocycles. The summed E-state index contributed by atoms with van der Waals surface area (Å²) < 4.78 is 30.7. The molecule has 0 bridgehead atoms.